The van der Waals surface area contributed by atoms with Crippen LogP contribution in [0.1, 0.15) is 56.3 Å². The van der Waals surface area contributed by atoms with Gasteiger partial charge in [-0.15, -0.1) is 11.3 Å². The van der Waals surface area contributed by atoms with Crippen molar-refractivity contribution >= 4 is 17.4 Å². The molecule has 2 rings (SSSR count). The van der Waals surface area contributed by atoms with Crippen LogP contribution in [-0.2, 0) is 0 Å². The maximum absolute atomic E-state index is 12.3. The van der Waals surface area contributed by atoms with Crippen LogP contribution in [0, 0.1) is 18.3 Å². The third kappa shape index (κ3) is 4.45. The van der Waals surface area contributed by atoms with Crippen molar-refractivity contribution in [2.24, 2.45) is 11.3 Å². The Balaban J connectivity index is 1.77. The molecule has 1 saturated heterocycles. The van der Waals surface area contributed by atoms with Crippen molar-refractivity contribution in [3.63, 3.8) is 0 Å². The molecule has 1 unspecified atom stereocenters. The Morgan fingerprint density at radius 3 is 2.59 bits per heavy atom. The van der Waals surface area contributed by atoms with Gasteiger partial charge in [0.2, 0.25) is 0 Å². The molecule has 0 bridgehead atoms. The number of rotatable bonds is 3. The molecule has 0 spiro atoms. The lowest BCUT2D eigenvalue weighted by atomic mass is 9.75. The highest BCUT2D eigenvalue weighted by molar-refractivity contribution is 7.11. The first-order valence-corrected chi connectivity index (χ1v) is 9.04. The standard InChI is InChI=1S/C17H29N3OS/c1-12(15-18-11-13(2)22-15)10-19-16(21)20-8-6-14(7-9-20)17(3,4)5/h11-12,14H,6-10H2,1-5H3,(H,19,21). The van der Waals surface area contributed by atoms with E-state index in [0.717, 1.165) is 30.9 Å². The fourth-order valence-corrected chi connectivity index (χ4v) is 3.81. The van der Waals surface area contributed by atoms with Gasteiger partial charge in [-0.3, -0.25) is 0 Å². The fraction of sp³-hybridized carbons (Fsp3) is 0.765. The Morgan fingerprint density at radius 2 is 2.09 bits per heavy atom. The van der Waals surface area contributed by atoms with Crippen LogP contribution in [0.5, 0.6) is 0 Å². The molecule has 22 heavy (non-hydrogen) atoms. The summed E-state index contributed by atoms with van der Waals surface area (Å²) in [7, 11) is 0. The van der Waals surface area contributed by atoms with Crippen LogP contribution in [0.4, 0.5) is 4.79 Å². The number of nitrogens with zero attached hydrogens (tertiary/aromatic N) is 2. The van der Waals surface area contributed by atoms with Crippen molar-refractivity contribution in [1.29, 1.82) is 0 Å². The van der Waals surface area contributed by atoms with E-state index < -0.39 is 0 Å². The number of nitrogens with one attached hydrogen (secondary N) is 1. The van der Waals surface area contributed by atoms with Gasteiger partial charge in [-0.2, -0.15) is 0 Å². The molecule has 1 aliphatic rings. The van der Waals surface area contributed by atoms with Crippen molar-refractivity contribution in [3.8, 4) is 0 Å². The summed E-state index contributed by atoms with van der Waals surface area (Å²) >= 11 is 1.71. The number of aryl methyl sites for hydroxylation is 1. The van der Waals surface area contributed by atoms with Gasteiger partial charge in [0.15, 0.2) is 0 Å². The highest BCUT2D eigenvalue weighted by Crippen LogP contribution is 2.34. The van der Waals surface area contributed by atoms with E-state index in [-0.39, 0.29) is 11.9 Å². The molecule has 124 valence electrons. The van der Waals surface area contributed by atoms with E-state index in [4.69, 9.17) is 0 Å². The normalized spacial score (nSPS) is 18.3. The van der Waals surface area contributed by atoms with Crippen LogP contribution in [-0.4, -0.2) is 35.5 Å². The Morgan fingerprint density at radius 1 is 1.45 bits per heavy atom. The summed E-state index contributed by atoms with van der Waals surface area (Å²) in [6.45, 7) is 13.5. The molecule has 1 atom stereocenters. The van der Waals surface area contributed by atoms with Crippen LogP contribution in [0.3, 0.4) is 0 Å². The molecule has 1 aromatic heterocycles. The monoisotopic (exact) mass is 323 g/mol. The van der Waals surface area contributed by atoms with Gasteiger partial charge in [0.1, 0.15) is 0 Å². The highest BCUT2D eigenvalue weighted by atomic mass is 32.1. The fourth-order valence-electron chi connectivity index (χ4n) is 2.99. The van der Waals surface area contributed by atoms with Gasteiger partial charge in [-0.25, -0.2) is 9.78 Å². The number of likely N-dealkylation sites (tertiary alicyclic amines) is 1. The number of hydrogen-bond donors (Lipinski definition) is 1. The number of aromatic nitrogens is 1. The summed E-state index contributed by atoms with van der Waals surface area (Å²) in [6.07, 6.45) is 4.12. The second-order valence-corrected chi connectivity index (χ2v) is 8.79. The second-order valence-electron chi connectivity index (χ2n) is 7.52. The number of carbonyl (C=O) groups excluding carboxylic acids is 1. The molecule has 0 saturated carbocycles. The lowest BCUT2D eigenvalue weighted by molar-refractivity contribution is 0.122. The van der Waals surface area contributed by atoms with Gasteiger partial charge < -0.3 is 10.2 Å². The zero-order valence-electron chi connectivity index (χ0n) is 14.5. The summed E-state index contributed by atoms with van der Waals surface area (Å²) in [4.78, 5) is 19.9. The predicted molar refractivity (Wildman–Crippen MR) is 92.4 cm³/mol. The Labute approximate surface area is 138 Å². The van der Waals surface area contributed by atoms with Crippen LogP contribution in [0.15, 0.2) is 6.20 Å². The third-order valence-corrected chi connectivity index (χ3v) is 5.77. The van der Waals surface area contributed by atoms with Crippen molar-refractivity contribution in [2.75, 3.05) is 19.6 Å². The van der Waals surface area contributed by atoms with E-state index in [9.17, 15) is 4.79 Å². The van der Waals surface area contributed by atoms with E-state index in [0.29, 0.717) is 17.9 Å². The summed E-state index contributed by atoms with van der Waals surface area (Å²) in [5, 5.41) is 4.17. The minimum atomic E-state index is 0.0764. The maximum atomic E-state index is 12.3. The Bertz CT molecular complexity index is 498. The quantitative estimate of drug-likeness (QED) is 0.913. The predicted octanol–water partition coefficient (Wildman–Crippen LogP) is 4.02. The van der Waals surface area contributed by atoms with Crippen LogP contribution < -0.4 is 5.32 Å². The van der Waals surface area contributed by atoms with Gasteiger partial charge in [0.25, 0.3) is 0 Å². The second kappa shape index (κ2) is 6.99. The molecule has 0 radical (unpaired) electrons. The molecule has 1 aliphatic heterocycles. The first-order valence-electron chi connectivity index (χ1n) is 8.22. The van der Waals surface area contributed by atoms with Gasteiger partial charge in [-0.05, 0) is 31.1 Å². The van der Waals surface area contributed by atoms with Gasteiger partial charge in [0.05, 0.1) is 5.01 Å². The molecule has 2 heterocycles. The average molecular weight is 324 g/mol. The van der Waals surface area contributed by atoms with Gasteiger partial charge in [0, 0.05) is 36.6 Å². The van der Waals surface area contributed by atoms with Crippen LogP contribution in [0.2, 0.25) is 0 Å². The largest absolute Gasteiger partial charge is 0.337 e. The lowest BCUT2D eigenvalue weighted by Gasteiger charge is -2.38. The van der Waals surface area contributed by atoms with E-state index in [1.165, 1.54) is 4.88 Å². The zero-order valence-corrected chi connectivity index (χ0v) is 15.3. The first kappa shape index (κ1) is 17.3. The van der Waals surface area contributed by atoms with E-state index in [1.807, 2.05) is 11.1 Å². The summed E-state index contributed by atoms with van der Waals surface area (Å²) < 4.78 is 0. The third-order valence-electron chi connectivity index (χ3n) is 4.63. The number of carbonyl (C=O) groups is 1. The first-order chi connectivity index (χ1) is 10.3. The molecular weight excluding hydrogens is 294 g/mol. The molecule has 0 aromatic carbocycles. The average Bonchev–Trinajstić information content (AvgIpc) is 2.90. The number of piperidine rings is 1. The minimum Gasteiger partial charge on any atom is -0.337 e. The van der Waals surface area contributed by atoms with Crippen molar-refractivity contribution in [1.82, 2.24) is 15.2 Å². The molecule has 0 aliphatic carbocycles. The lowest BCUT2D eigenvalue weighted by Crippen LogP contribution is -2.46. The molecule has 2 amide bonds. The van der Waals surface area contributed by atoms with E-state index in [1.54, 1.807) is 11.3 Å². The molecule has 4 nitrogen and oxygen atoms in total. The Kier molecular flexibility index (Phi) is 5.48. The van der Waals surface area contributed by atoms with Crippen LogP contribution >= 0.6 is 11.3 Å². The van der Waals surface area contributed by atoms with E-state index in [2.05, 4.69) is 44.9 Å². The highest BCUT2D eigenvalue weighted by Gasteiger charge is 2.30. The smallest absolute Gasteiger partial charge is 0.317 e. The Hall–Kier alpha value is -1.10. The SMILES string of the molecule is Cc1cnc(C(C)CNC(=O)N2CCC(C(C)(C)C)CC2)s1. The number of amides is 2. The summed E-state index contributed by atoms with van der Waals surface area (Å²) in [6, 6.07) is 0.0764. The topological polar surface area (TPSA) is 45.2 Å². The van der Waals surface area contributed by atoms with E-state index >= 15 is 0 Å². The molecule has 1 aromatic rings. The summed E-state index contributed by atoms with van der Waals surface area (Å²) in [5.41, 5.74) is 0.347. The van der Waals surface area contributed by atoms with Crippen molar-refractivity contribution < 1.29 is 4.79 Å². The maximum Gasteiger partial charge on any atom is 0.317 e. The van der Waals surface area contributed by atoms with Crippen molar-refractivity contribution in [2.45, 2.75) is 53.4 Å². The number of urea groups is 1. The molecule has 5 heteroatoms. The molecule has 1 N–H and O–H groups in total. The summed E-state index contributed by atoms with van der Waals surface area (Å²) in [5.74, 6) is 0.989. The number of hydrogen-bond acceptors (Lipinski definition) is 3. The zero-order chi connectivity index (χ0) is 16.3. The van der Waals surface area contributed by atoms with Gasteiger partial charge >= 0.3 is 6.03 Å². The van der Waals surface area contributed by atoms with Crippen molar-refractivity contribution in [3.05, 3.63) is 16.1 Å². The molecule has 1 fully saturated rings. The minimum absolute atomic E-state index is 0.0764. The van der Waals surface area contributed by atoms with Gasteiger partial charge in [-0.1, -0.05) is 27.7 Å². The van der Waals surface area contributed by atoms with Crippen LogP contribution in [0.25, 0.3) is 0 Å². The number of thiazole rings is 1. The molecular formula is C17H29N3OS.